The van der Waals surface area contributed by atoms with E-state index in [9.17, 15) is 9.59 Å². The summed E-state index contributed by atoms with van der Waals surface area (Å²) in [5.41, 5.74) is 1.24. The van der Waals surface area contributed by atoms with Gasteiger partial charge in [-0.1, -0.05) is 20.3 Å². The minimum atomic E-state index is -0.161. The van der Waals surface area contributed by atoms with Gasteiger partial charge in [0.2, 0.25) is 5.91 Å². The van der Waals surface area contributed by atoms with Crippen molar-refractivity contribution in [3.05, 3.63) is 21.4 Å². The number of carbonyl (C=O) groups is 2. The highest BCUT2D eigenvalue weighted by molar-refractivity contribution is 7.14. The maximum absolute atomic E-state index is 12.0. The van der Waals surface area contributed by atoms with E-state index in [4.69, 9.17) is 0 Å². The molecule has 0 atom stereocenters. The molecular weight excluding hydrogens is 272 g/mol. The highest BCUT2D eigenvalue weighted by atomic mass is 32.1. The fraction of sp³-hybridized carbons (Fsp3) is 0.600. The molecular formula is C15H24N2O2S. The predicted octanol–water partition coefficient (Wildman–Crippen LogP) is 2.52. The zero-order valence-corrected chi connectivity index (χ0v) is 13.5. The third-order valence-corrected chi connectivity index (χ3v) is 4.07. The second-order valence-electron chi connectivity index (χ2n) is 5.07. The summed E-state index contributed by atoms with van der Waals surface area (Å²) in [5, 5.41) is 5.42. The summed E-state index contributed by atoms with van der Waals surface area (Å²) in [6.07, 6.45) is 3.02. The highest BCUT2D eigenvalue weighted by Crippen LogP contribution is 2.24. The van der Waals surface area contributed by atoms with Crippen molar-refractivity contribution in [1.82, 2.24) is 10.6 Å². The second-order valence-corrected chi connectivity index (χ2v) is 6.20. The normalized spacial score (nSPS) is 10.7. The van der Waals surface area contributed by atoms with Gasteiger partial charge in [-0.05, 0) is 38.3 Å². The van der Waals surface area contributed by atoms with Gasteiger partial charge in [0.05, 0.1) is 11.4 Å². The van der Waals surface area contributed by atoms with E-state index in [1.54, 1.807) is 0 Å². The summed E-state index contributed by atoms with van der Waals surface area (Å²) in [7, 11) is 0. The van der Waals surface area contributed by atoms with E-state index < -0.39 is 0 Å². The minimum absolute atomic E-state index is 0.0273. The van der Waals surface area contributed by atoms with Crippen molar-refractivity contribution in [2.75, 3.05) is 6.54 Å². The molecule has 1 rings (SSSR count). The first kappa shape index (κ1) is 16.7. The number of hydrogen-bond acceptors (Lipinski definition) is 3. The van der Waals surface area contributed by atoms with E-state index in [1.807, 2.05) is 19.9 Å². The average Bonchev–Trinajstić information content (AvgIpc) is 2.79. The third-order valence-electron chi connectivity index (χ3n) is 2.84. The molecule has 5 heteroatoms. The van der Waals surface area contributed by atoms with Crippen molar-refractivity contribution in [2.24, 2.45) is 0 Å². The number of amides is 2. The quantitative estimate of drug-likeness (QED) is 0.812. The molecule has 0 bridgehead atoms. The third kappa shape index (κ3) is 4.96. The number of carbonyl (C=O) groups excluding carboxylic acids is 2. The van der Waals surface area contributed by atoms with E-state index in [-0.39, 0.29) is 24.4 Å². The van der Waals surface area contributed by atoms with Gasteiger partial charge in [-0.25, -0.2) is 0 Å². The Balaban J connectivity index is 2.61. The smallest absolute Gasteiger partial charge is 0.261 e. The van der Waals surface area contributed by atoms with E-state index in [0.717, 1.165) is 19.3 Å². The lowest BCUT2D eigenvalue weighted by Gasteiger charge is -2.08. The minimum Gasteiger partial charge on any atom is -0.352 e. The lowest BCUT2D eigenvalue weighted by atomic mass is 10.1. The molecule has 1 aromatic rings. The first-order valence-corrected chi connectivity index (χ1v) is 7.98. The Morgan fingerprint density at radius 1 is 1.30 bits per heavy atom. The van der Waals surface area contributed by atoms with E-state index in [2.05, 4.69) is 24.5 Å². The molecule has 1 heterocycles. The van der Waals surface area contributed by atoms with Gasteiger partial charge in [0.15, 0.2) is 0 Å². The highest BCUT2D eigenvalue weighted by Gasteiger charge is 2.14. The van der Waals surface area contributed by atoms with Crippen molar-refractivity contribution in [3.8, 4) is 0 Å². The molecule has 2 N–H and O–H groups in total. The van der Waals surface area contributed by atoms with Gasteiger partial charge >= 0.3 is 0 Å². The molecule has 0 unspecified atom stereocenters. The van der Waals surface area contributed by atoms with Gasteiger partial charge in [0, 0.05) is 10.9 Å². The molecule has 0 aliphatic rings. The van der Waals surface area contributed by atoms with Crippen molar-refractivity contribution in [2.45, 2.75) is 53.0 Å². The fourth-order valence-electron chi connectivity index (χ4n) is 1.94. The summed E-state index contributed by atoms with van der Waals surface area (Å²) in [4.78, 5) is 25.5. The molecule has 20 heavy (non-hydrogen) atoms. The van der Waals surface area contributed by atoms with Crippen LogP contribution < -0.4 is 10.6 Å². The Kier molecular flexibility index (Phi) is 6.71. The topological polar surface area (TPSA) is 58.2 Å². The standard InChI is InChI=1S/C15H24N2O2S/c1-5-7-12-11(6-2)8-13(20-12)15(19)16-9-14(18)17-10(3)4/h8,10H,5-7,9H2,1-4H3,(H,16,19)(H,17,18). The van der Waals surface area contributed by atoms with Crippen molar-refractivity contribution in [3.63, 3.8) is 0 Å². The largest absolute Gasteiger partial charge is 0.352 e. The Bertz CT molecular complexity index is 466. The van der Waals surface area contributed by atoms with Crippen LogP contribution in [0, 0.1) is 0 Å². The molecule has 0 aromatic carbocycles. The first-order chi connectivity index (χ1) is 9.47. The van der Waals surface area contributed by atoms with Gasteiger partial charge in [-0.15, -0.1) is 11.3 Å². The molecule has 0 spiro atoms. The zero-order valence-electron chi connectivity index (χ0n) is 12.7. The molecule has 0 radical (unpaired) electrons. The van der Waals surface area contributed by atoms with Gasteiger partial charge in [-0.2, -0.15) is 0 Å². The van der Waals surface area contributed by atoms with E-state index >= 15 is 0 Å². The van der Waals surface area contributed by atoms with Gasteiger partial charge in [0.25, 0.3) is 5.91 Å². The molecule has 0 aliphatic carbocycles. The lowest BCUT2D eigenvalue weighted by Crippen LogP contribution is -2.39. The molecule has 112 valence electrons. The second kappa shape index (κ2) is 8.04. The van der Waals surface area contributed by atoms with Crippen LogP contribution in [0.5, 0.6) is 0 Å². The maximum atomic E-state index is 12.0. The van der Waals surface area contributed by atoms with Crippen LogP contribution in [0.2, 0.25) is 0 Å². The van der Waals surface area contributed by atoms with Crippen LogP contribution in [0.4, 0.5) is 0 Å². The molecule has 0 saturated heterocycles. The van der Waals surface area contributed by atoms with Crippen LogP contribution in [-0.4, -0.2) is 24.4 Å². The monoisotopic (exact) mass is 296 g/mol. The Hall–Kier alpha value is -1.36. The number of aryl methyl sites for hydroxylation is 2. The number of nitrogens with one attached hydrogen (secondary N) is 2. The molecule has 4 nitrogen and oxygen atoms in total. The zero-order chi connectivity index (χ0) is 15.1. The van der Waals surface area contributed by atoms with Gasteiger partial charge < -0.3 is 10.6 Å². The Morgan fingerprint density at radius 2 is 2.00 bits per heavy atom. The van der Waals surface area contributed by atoms with Crippen LogP contribution in [0.1, 0.15) is 54.2 Å². The molecule has 1 aromatic heterocycles. The van der Waals surface area contributed by atoms with E-state index in [1.165, 1.54) is 21.8 Å². The summed E-state index contributed by atoms with van der Waals surface area (Å²) in [6, 6.07) is 2.04. The molecule has 0 saturated carbocycles. The summed E-state index contributed by atoms with van der Waals surface area (Å²) < 4.78 is 0. The van der Waals surface area contributed by atoms with Crippen LogP contribution in [0.3, 0.4) is 0 Å². The maximum Gasteiger partial charge on any atom is 0.261 e. The summed E-state index contributed by atoms with van der Waals surface area (Å²) in [5.74, 6) is -0.319. The Labute approximate surface area is 125 Å². The van der Waals surface area contributed by atoms with Crippen LogP contribution in [0.15, 0.2) is 6.07 Å². The SMILES string of the molecule is CCCc1sc(C(=O)NCC(=O)NC(C)C)cc1CC. The van der Waals surface area contributed by atoms with Crippen LogP contribution in [0.25, 0.3) is 0 Å². The first-order valence-electron chi connectivity index (χ1n) is 7.17. The van der Waals surface area contributed by atoms with Crippen molar-refractivity contribution in [1.29, 1.82) is 0 Å². The van der Waals surface area contributed by atoms with Crippen molar-refractivity contribution >= 4 is 23.2 Å². The Morgan fingerprint density at radius 3 is 2.55 bits per heavy atom. The molecule has 0 fully saturated rings. The van der Waals surface area contributed by atoms with Gasteiger partial charge in [-0.3, -0.25) is 9.59 Å². The molecule has 2 amide bonds. The lowest BCUT2D eigenvalue weighted by molar-refractivity contribution is -0.120. The van der Waals surface area contributed by atoms with Gasteiger partial charge in [0.1, 0.15) is 0 Å². The number of rotatable bonds is 7. The average molecular weight is 296 g/mol. The fourth-order valence-corrected chi connectivity index (χ4v) is 3.21. The van der Waals surface area contributed by atoms with Crippen LogP contribution in [-0.2, 0) is 17.6 Å². The van der Waals surface area contributed by atoms with E-state index in [0.29, 0.717) is 4.88 Å². The predicted molar refractivity (Wildman–Crippen MR) is 83.3 cm³/mol. The molecule has 0 aliphatic heterocycles. The summed E-state index contributed by atoms with van der Waals surface area (Å²) in [6.45, 7) is 8.04. The van der Waals surface area contributed by atoms with Crippen molar-refractivity contribution < 1.29 is 9.59 Å². The number of hydrogen-bond donors (Lipinski definition) is 2. The number of thiophene rings is 1. The summed E-state index contributed by atoms with van der Waals surface area (Å²) >= 11 is 1.54. The van der Waals surface area contributed by atoms with Crippen LogP contribution >= 0.6 is 11.3 Å².